The van der Waals surface area contributed by atoms with E-state index in [1.807, 2.05) is 54.6 Å². The highest BCUT2D eigenvalue weighted by Gasteiger charge is 2.03. The van der Waals surface area contributed by atoms with Gasteiger partial charge in [-0.15, -0.1) is 0 Å². The Morgan fingerprint density at radius 2 is 1.77 bits per heavy atom. The third-order valence-electron chi connectivity index (χ3n) is 3.75. The van der Waals surface area contributed by atoms with Crippen LogP contribution >= 0.6 is 0 Å². The van der Waals surface area contributed by atoms with Gasteiger partial charge in [-0.2, -0.15) is 0 Å². The van der Waals surface area contributed by atoms with Crippen LogP contribution in [0.2, 0.25) is 0 Å². The average molecular weight is 354 g/mol. The minimum Gasteiger partial charge on any atom is -0.494 e. The van der Waals surface area contributed by atoms with Crippen LogP contribution in [0.4, 0.5) is 0 Å². The quantitative estimate of drug-likeness (QED) is 0.386. The number of ether oxygens (including phenoxy) is 1. The molecule has 0 saturated carbocycles. The monoisotopic (exact) mass is 354 g/mol. The van der Waals surface area contributed by atoms with Crippen molar-refractivity contribution >= 4 is 11.9 Å². The lowest BCUT2D eigenvalue weighted by molar-refractivity contribution is 0.0963. The molecule has 0 spiro atoms. The number of rotatable bonds is 8. The van der Waals surface area contributed by atoms with Gasteiger partial charge >= 0.3 is 0 Å². The van der Waals surface area contributed by atoms with Crippen LogP contribution in [0.1, 0.15) is 22.3 Å². The summed E-state index contributed by atoms with van der Waals surface area (Å²) in [5, 5.41) is 9.12. The fourth-order valence-corrected chi connectivity index (χ4v) is 2.31. The molecule has 0 aliphatic carbocycles. The second-order valence-electron chi connectivity index (χ2n) is 5.64. The zero-order chi connectivity index (χ0) is 18.6. The predicted molar refractivity (Wildman–Crippen MR) is 105 cm³/mol. The Kier molecular flexibility index (Phi) is 7.99. The van der Waals surface area contributed by atoms with E-state index < -0.39 is 0 Å². The average Bonchev–Trinajstić information content (AvgIpc) is 2.70. The van der Waals surface area contributed by atoms with Gasteiger partial charge in [-0.3, -0.25) is 9.79 Å². The molecule has 0 fully saturated rings. The molecule has 2 aromatic rings. The van der Waals surface area contributed by atoms with Crippen LogP contribution in [0.25, 0.3) is 0 Å². The largest absolute Gasteiger partial charge is 0.494 e. The van der Waals surface area contributed by atoms with Gasteiger partial charge in [0.15, 0.2) is 5.96 Å². The highest BCUT2D eigenvalue weighted by atomic mass is 16.5. The molecule has 2 rings (SSSR count). The normalized spacial score (nSPS) is 10.9. The lowest BCUT2D eigenvalue weighted by atomic mass is 10.1. The maximum atomic E-state index is 11.5. The number of carbonyl (C=O) groups is 1. The Hall–Kier alpha value is -3.02. The molecule has 1 amide bonds. The summed E-state index contributed by atoms with van der Waals surface area (Å²) in [5.74, 6) is 1.54. The number of benzene rings is 2. The summed E-state index contributed by atoms with van der Waals surface area (Å²) in [6.07, 6.45) is 0.871. The van der Waals surface area contributed by atoms with E-state index in [1.165, 1.54) is 0 Å². The van der Waals surface area contributed by atoms with Crippen LogP contribution in [-0.2, 0) is 6.54 Å². The summed E-state index contributed by atoms with van der Waals surface area (Å²) in [6.45, 7) is 2.05. The molecule has 0 bridgehead atoms. The molecule has 2 aromatic carbocycles. The summed E-state index contributed by atoms with van der Waals surface area (Å²) in [5.41, 5.74) is 1.73. The molecule has 0 aromatic heterocycles. The van der Waals surface area contributed by atoms with E-state index in [9.17, 15) is 4.79 Å². The number of hydrogen-bond acceptors (Lipinski definition) is 3. The summed E-state index contributed by atoms with van der Waals surface area (Å²) in [7, 11) is 3.36. The molecule has 0 radical (unpaired) electrons. The highest BCUT2D eigenvalue weighted by molar-refractivity contribution is 5.93. The van der Waals surface area contributed by atoms with Crippen LogP contribution in [0, 0.1) is 0 Å². The predicted octanol–water partition coefficient (Wildman–Crippen LogP) is 2.18. The lowest BCUT2D eigenvalue weighted by Gasteiger charge is -2.12. The van der Waals surface area contributed by atoms with Crippen LogP contribution in [0.3, 0.4) is 0 Å². The number of aliphatic imine (C=N–C) groups is 1. The molecular formula is C20H26N4O2. The van der Waals surface area contributed by atoms with Crippen molar-refractivity contribution in [3.63, 3.8) is 0 Å². The Morgan fingerprint density at radius 1 is 1.04 bits per heavy atom. The van der Waals surface area contributed by atoms with Crippen molar-refractivity contribution in [3.05, 3.63) is 65.7 Å². The molecule has 0 aliphatic rings. The number of amides is 1. The Morgan fingerprint density at radius 3 is 2.42 bits per heavy atom. The second-order valence-corrected chi connectivity index (χ2v) is 5.64. The van der Waals surface area contributed by atoms with E-state index in [1.54, 1.807) is 14.1 Å². The van der Waals surface area contributed by atoms with Gasteiger partial charge in [0.05, 0.1) is 6.61 Å². The maximum absolute atomic E-state index is 11.5. The third kappa shape index (κ3) is 6.47. The Labute approximate surface area is 154 Å². The van der Waals surface area contributed by atoms with Gasteiger partial charge in [0.1, 0.15) is 5.75 Å². The van der Waals surface area contributed by atoms with E-state index in [0.29, 0.717) is 18.7 Å². The Balaban J connectivity index is 1.66. The molecule has 3 N–H and O–H groups in total. The summed E-state index contributed by atoms with van der Waals surface area (Å²) in [6, 6.07) is 17.3. The van der Waals surface area contributed by atoms with E-state index in [0.717, 1.165) is 30.2 Å². The van der Waals surface area contributed by atoms with Crippen molar-refractivity contribution in [2.24, 2.45) is 4.99 Å². The van der Waals surface area contributed by atoms with Crippen molar-refractivity contribution in [3.8, 4) is 5.75 Å². The van der Waals surface area contributed by atoms with Crippen molar-refractivity contribution in [1.29, 1.82) is 0 Å². The first-order chi connectivity index (χ1) is 12.7. The number of nitrogens with one attached hydrogen (secondary N) is 3. The van der Waals surface area contributed by atoms with Gasteiger partial charge in [0.25, 0.3) is 5.91 Å². The fourth-order valence-electron chi connectivity index (χ4n) is 2.31. The second kappa shape index (κ2) is 10.8. The molecule has 26 heavy (non-hydrogen) atoms. The number of nitrogens with zero attached hydrogens (tertiary/aromatic N) is 1. The van der Waals surface area contributed by atoms with Crippen LogP contribution < -0.4 is 20.7 Å². The molecule has 0 heterocycles. The zero-order valence-corrected chi connectivity index (χ0v) is 15.3. The van der Waals surface area contributed by atoms with Crippen LogP contribution in [0.15, 0.2) is 59.6 Å². The first-order valence-corrected chi connectivity index (χ1v) is 8.66. The molecule has 0 atom stereocenters. The van der Waals surface area contributed by atoms with Gasteiger partial charge in [-0.25, -0.2) is 0 Å². The van der Waals surface area contributed by atoms with Crippen molar-refractivity contribution in [1.82, 2.24) is 16.0 Å². The van der Waals surface area contributed by atoms with E-state index in [4.69, 9.17) is 4.74 Å². The third-order valence-corrected chi connectivity index (χ3v) is 3.75. The van der Waals surface area contributed by atoms with E-state index >= 15 is 0 Å². The van der Waals surface area contributed by atoms with E-state index in [-0.39, 0.29) is 5.91 Å². The minimum absolute atomic E-state index is 0.0836. The topological polar surface area (TPSA) is 74.8 Å². The standard InChI is InChI=1S/C20H26N4O2/c1-21-19(25)17-11-9-16(10-12-17)15-24-20(22-2)23-13-6-14-26-18-7-4-3-5-8-18/h3-5,7-12H,6,13-15H2,1-2H3,(H,21,25)(H2,22,23,24). The lowest BCUT2D eigenvalue weighted by Crippen LogP contribution is -2.37. The number of para-hydroxylation sites is 1. The smallest absolute Gasteiger partial charge is 0.251 e. The molecule has 0 unspecified atom stereocenters. The van der Waals surface area contributed by atoms with Crippen LogP contribution in [0.5, 0.6) is 5.75 Å². The van der Waals surface area contributed by atoms with Gasteiger partial charge < -0.3 is 20.7 Å². The van der Waals surface area contributed by atoms with Gasteiger partial charge in [-0.1, -0.05) is 30.3 Å². The SMILES string of the molecule is CN=C(NCCCOc1ccccc1)NCc1ccc(C(=O)NC)cc1. The summed E-state index contributed by atoms with van der Waals surface area (Å²) < 4.78 is 5.66. The molecular weight excluding hydrogens is 328 g/mol. The number of hydrogen-bond donors (Lipinski definition) is 3. The molecule has 6 heteroatoms. The fraction of sp³-hybridized carbons (Fsp3) is 0.300. The molecule has 0 aliphatic heterocycles. The number of carbonyl (C=O) groups excluding carboxylic acids is 1. The summed E-state index contributed by atoms with van der Waals surface area (Å²) in [4.78, 5) is 15.7. The minimum atomic E-state index is -0.0836. The zero-order valence-electron chi connectivity index (χ0n) is 15.3. The number of guanidine groups is 1. The van der Waals surface area contributed by atoms with Crippen molar-refractivity contribution < 1.29 is 9.53 Å². The van der Waals surface area contributed by atoms with Gasteiger partial charge in [0.2, 0.25) is 0 Å². The Bertz CT molecular complexity index is 700. The first-order valence-electron chi connectivity index (χ1n) is 8.66. The summed E-state index contributed by atoms with van der Waals surface area (Å²) >= 11 is 0. The van der Waals surface area contributed by atoms with Gasteiger partial charge in [0, 0.05) is 32.7 Å². The van der Waals surface area contributed by atoms with E-state index in [2.05, 4.69) is 20.9 Å². The van der Waals surface area contributed by atoms with Crippen molar-refractivity contribution in [2.75, 3.05) is 27.2 Å². The first kappa shape index (κ1) is 19.3. The molecule has 138 valence electrons. The van der Waals surface area contributed by atoms with Gasteiger partial charge in [-0.05, 0) is 36.2 Å². The van der Waals surface area contributed by atoms with Crippen LogP contribution in [-0.4, -0.2) is 39.1 Å². The maximum Gasteiger partial charge on any atom is 0.251 e. The molecule has 0 saturated heterocycles. The highest BCUT2D eigenvalue weighted by Crippen LogP contribution is 2.08. The van der Waals surface area contributed by atoms with Crippen molar-refractivity contribution in [2.45, 2.75) is 13.0 Å². The molecule has 6 nitrogen and oxygen atoms in total.